The molecule has 1 aromatic rings. The molecule has 0 heterocycles. The van der Waals surface area contributed by atoms with Crippen LogP contribution in [0.1, 0.15) is 62.4 Å². The van der Waals surface area contributed by atoms with Crippen LogP contribution in [0.2, 0.25) is 0 Å². The highest BCUT2D eigenvalue weighted by molar-refractivity contribution is 5.96. The monoisotopic (exact) mass is 358 g/mol. The van der Waals surface area contributed by atoms with Gasteiger partial charge in [-0.3, -0.25) is 14.5 Å². The Hall–Kier alpha value is -1.88. The first kappa shape index (κ1) is 18.9. The molecule has 3 rings (SSSR count). The lowest BCUT2D eigenvalue weighted by molar-refractivity contribution is -0.139. The van der Waals surface area contributed by atoms with Gasteiger partial charge in [-0.25, -0.2) is 0 Å². The fourth-order valence-corrected chi connectivity index (χ4v) is 3.75. The maximum absolute atomic E-state index is 12.7. The summed E-state index contributed by atoms with van der Waals surface area (Å²) in [5.41, 5.74) is 1.71. The summed E-state index contributed by atoms with van der Waals surface area (Å²) in [6.07, 6.45) is 4.10. The largest absolute Gasteiger partial charge is 0.480 e. The number of hydrogen-bond acceptors (Lipinski definition) is 3. The second kappa shape index (κ2) is 7.39. The summed E-state index contributed by atoms with van der Waals surface area (Å²) in [7, 11) is 0. The van der Waals surface area contributed by atoms with Gasteiger partial charge in [0.05, 0.1) is 6.54 Å². The third-order valence-corrected chi connectivity index (χ3v) is 5.47. The van der Waals surface area contributed by atoms with Crippen LogP contribution in [0.5, 0.6) is 0 Å². The average molecular weight is 358 g/mol. The van der Waals surface area contributed by atoms with Crippen molar-refractivity contribution in [3.05, 3.63) is 35.4 Å². The summed E-state index contributed by atoms with van der Waals surface area (Å²) < 4.78 is 0. The lowest BCUT2D eigenvalue weighted by atomic mass is 9.82. The van der Waals surface area contributed by atoms with Gasteiger partial charge in [-0.1, -0.05) is 39.0 Å². The zero-order valence-electron chi connectivity index (χ0n) is 16.0. The van der Waals surface area contributed by atoms with Gasteiger partial charge in [-0.2, -0.15) is 0 Å². The highest BCUT2D eigenvalue weighted by atomic mass is 16.4. The van der Waals surface area contributed by atoms with Crippen LogP contribution >= 0.6 is 0 Å². The minimum Gasteiger partial charge on any atom is -0.480 e. The van der Waals surface area contributed by atoms with Crippen LogP contribution in [0.25, 0.3) is 0 Å². The third kappa shape index (κ3) is 4.64. The van der Waals surface area contributed by atoms with Gasteiger partial charge in [0, 0.05) is 24.2 Å². The van der Waals surface area contributed by atoms with Gasteiger partial charge in [0.25, 0.3) is 5.91 Å². The Labute approximate surface area is 155 Å². The maximum Gasteiger partial charge on any atom is 0.317 e. The number of nitrogens with zero attached hydrogens (tertiary/aromatic N) is 1. The molecule has 0 radical (unpaired) electrons. The van der Waals surface area contributed by atoms with E-state index in [9.17, 15) is 9.59 Å². The van der Waals surface area contributed by atoms with E-state index in [4.69, 9.17) is 5.11 Å². The fraction of sp³-hybridized carbons (Fsp3) is 0.619. The zero-order chi connectivity index (χ0) is 18.9. The normalized spacial score (nSPS) is 22.8. The molecule has 0 aromatic heterocycles. The molecule has 0 atom stereocenters. The molecule has 0 unspecified atom stereocenters. The number of amides is 1. The predicted molar refractivity (Wildman–Crippen MR) is 101 cm³/mol. The molecule has 2 fully saturated rings. The number of rotatable bonds is 7. The maximum atomic E-state index is 12.7. The van der Waals surface area contributed by atoms with Crippen molar-refractivity contribution in [2.45, 2.75) is 64.0 Å². The second-order valence-electron chi connectivity index (χ2n) is 8.86. The van der Waals surface area contributed by atoms with E-state index < -0.39 is 5.97 Å². The van der Waals surface area contributed by atoms with E-state index in [0.29, 0.717) is 5.92 Å². The number of nitrogens with one attached hydrogen (secondary N) is 1. The Morgan fingerprint density at radius 2 is 1.85 bits per heavy atom. The summed E-state index contributed by atoms with van der Waals surface area (Å²) in [5.74, 6) is -0.121. The molecule has 142 valence electrons. The lowest BCUT2D eigenvalue weighted by Crippen LogP contribution is -2.55. The van der Waals surface area contributed by atoms with Crippen molar-refractivity contribution < 1.29 is 14.7 Å². The van der Waals surface area contributed by atoms with E-state index in [-0.39, 0.29) is 30.0 Å². The number of benzene rings is 1. The molecular weight excluding hydrogens is 328 g/mol. The summed E-state index contributed by atoms with van der Waals surface area (Å²) in [6, 6.07) is 8.18. The first-order chi connectivity index (χ1) is 12.2. The molecule has 2 saturated carbocycles. The molecule has 1 amide bonds. The predicted octanol–water partition coefficient (Wildman–Crippen LogP) is 3.04. The number of carboxylic acids is 1. The molecule has 0 saturated heterocycles. The van der Waals surface area contributed by atoms with Gasteiger partial charge in [0.1, 0.15) is 0 Å². The van der Waals surface area contributed by atoms with Crippen molar-refractivity contribution in [1.29, 1.82) is 0 Å². The van der Waals surface area contributed by atoms with Gasteiger partial charge in [-0.15, -0.1) is 0 Å². The third-order valence-electron chi connectivity index (χ3n) is 5.47. The van der Waals surface area contributed by atoms with E-state index in [1.54, 1.807) is 0 Å². The number of carbonyl (C=O) groups is 2. The zero-order valence-corrected chi connectivity index (χ0v) is 16.0. The average Bonchev–Trinajstić information content (AvgIpc) is 3.32. The van der Waals surface area contributed by atoms with Gasteiger partial charge < -0.3 is 10.4 Å². The fourth-order valence-electron chi connectivity index (χ4n) is 3.75. The van der Waals surface area contributed by atoms with Crippen LogP contribution in [0, 0.1) is 5.92 Å². The van der Waals surface area contributed by atoms with Crippen molar-refractivity contribution in [3.63, 3.8) is 0 Å². The van der Waals surface area contributed by atoms with Crippen molar-refractivity contribution in [2.75, 3.05) is 13.1 Å². The van der Waals surface area contributed by atoms with Gasteiger partial charge >= 0.3 is 5.97 Å². The Bertz CT molecular complexity index is 670. The Balaban J connectivity index is 1.57. The lowest BCUT2D eigenvalue weighted by Gasteiger charge is -2.43. The highest BCUT2D eigenvalue weighted by Crippen LogP contribution is 2.34. The standard InChI is InChI=1S/C21H30N2O3/c1-21(2,3)18-7-5-4-6-17(18)20(26)22-15-10-16(11-15)23(13-19(24)25)12-14-8-9-14/h4-7,14-16H,8-13H2,1-3H3,(H,22,26)(H,24,25). The molecule has 1 aromatic carbocycles. The number of carboxylic acid groups (broad SMARTS) is 1. The molecule has 26 heavy (non-hydrogen) atoms. The van der Waals surface area contributed by atoms with Crippen LogP contribution in [-0.2, 0) is 10.2 Å². The molecule has 0 bridgehead atoms. The van der Waals surface area contributed by atoms with E-state index >= 15 is 0 Å². The van der Waals surface area contributed by atoms with Crippen LogP contribution in [-0.4, -0.2) is 47.1 Å². The Kier molecular flexibility index (Phi) is 5.37. The summed E-state index contributed by atoms with van der Waals surface area (Å²) >= 11 is 0. The van der Waals surface area contributed by atoms with Crippen LogP contribution < -0.4 is 5.32 Å². The van der Waals surface area contributed by atoms with E-state index in [2.05, 4.69) is 31.0 Å². The smallest absolute Gasteiger partial charge is 0.317 e. The molecular formula is C21H30N2O3. The van der Waals surface area contributed by atoms with Gasteiger partial charge in [0.15, 0.2) is 0 Å². The Morgan fingerprint density at radius 1 is 1.19 bits per heavy atom. The molecule has 0 spiro atoms. The van der Waals surface area contributed by atoms with E-state index in [1.807, 2.05) is 24.3 Å². The molecule has 2 aliphatic rings. The SMILES string of the molecule is CC(C)(C)c1ccccc1C(=O)NC1CC(N(CC(=O)O)CC2CC2)C1. The quantitative estimate of drug-likeness (QED) is 0.786. The minimum absolute atomic E-state index is 0.0223. The summed E-state index contributed by atoms with van der Waals surface area (Å²) in [5, 5.41) is 12.3. The number of aliphatic carboxylic acids is 1. The van der Waals surface area contributed by atoms with Crippen molar-refractivity contribution in [3.8, 4) is 0 Å². The molecule has 5 nitrogen and oxygen atoms in total. The number of hydrogen-bond donors (Lipinski definition) is 2. The first-order valence-corrected chi connectivity index (χ1v) is 9.60. The minimum atomic E-state index is -0.766. The van der Waals surface area contributed by atoms with Crippen molar-refractivity contribution >= 4 is 11.9 Å². The van der Waals surface area contributed by atoms with Crippen LogP contribution in [0.3, 0.4) is 0 Å². The Morgan fingerprint density at radius 3 is 2.42 bits per heavy atom. The first-order valence-electron chi connectivity index (χ1n) is 9.60. The topological polar surface area (TPSA) is 69.6 Å². The van der Waals surface area contributed by atoms with E-state index in [0.717, 1.165) is 30.5 Å². The van der Waals surface area contributed by atoms with E-state index in [1.165, 1.54) is 12.8 Å². The molecule has 2 N–H and O–H groups in total. The van der Waals surface area contributed by atoms with Crippen LogP contribution in [0.15, 0.2) is 24.3 Å². The number of carbonyl (C=O) groups excluding carboxylic acids is 1. The van der Waals surface area contributed by atoms with Crippen LogP contribution in [0.4, 0.5) is 0 Å². The molecule has 2 aliphatic carbocycles. The van der Waals surface area contributed by atoms with Gasteiger partial charge in [0.2, 0.25) is 0 Å². The van der Waals surface area contributed by atoms with Gasteiger partial charge in [-0.05, 0) is 48.6 Å². The second-order valence-corrected chi connectivity index (χ2v) is 8.86. The summed E-state index contributed by atoms with van der Waals surface area (Å²) in [4.78, 5) is 25.9. The molecule has 5 heteroatoms. The van der Waals surface area contributed by atoms with Crippen molar-refractivity contribution in [1.82, 2.24) is 10.2 Å². The summed E-state index contributed by atoms with van der Waals surface area (Å²) in [6.45, 7) is 7.32. The molecule has 0 aliphatic heterocycles. The van der Waals surface area contributed by atoms with Crippen molar-refractivity contribution in [2.24, 2.45) is 5.92 Å². The highest BCUT2D eigenvalue weighted by Gasteiger charge is 2.38.